The third kappa shape index (κ3) is 3.62. The molecule has 0 amide bonds. The van der Waals surface area contributed by atoms with Crippen LogP contribution in [0.3, 0.4) is 0 Å². The zero-order valence-corrected chi connectivity index (χ0v) is 17.5. The number of ketones is 1. The Labute approximate surface area is 184 Å². The Morgan fingerprint density at radius 1 is 0.935 bits per heavy atom. The van der Waals surface area contributed by atoms with Gasteiger partial charge in [0.25, 0.3) is 0 Å². The predicted molar refractivity (Wildman–Crippen MR) is 126 cm³/mol. The molecule has 0 saturated heterocycles. The Hall–Kier alpha value is -3.76. The largest absolute Gasteiger partial charge is 0.338 e. The second kappa shape index (κ2) is 7.82. The number of carbonyl (C=O) groups excluding carboxylic acids is 1. The molecule has 0 radical (unpaired) electrons. The van der Waals surface area contributed by atoms with E-state index in [1.165, 1.54) is 0 Å². The zero-order chi connectivity index (χ0) is 21.4. The van der Waals surface area contributed by atoms with Gasteiger partial charge < -0.3 is 4.98 Å². The SMILES string of the molecule is Cc1nc2ccc(Cl)cc2c(-c2ccccc2)c1C(=O)/C=C\c1nc2ccccc2[nH]1. The molecule has 0 aliphatic heterocycles. The number of aromatic amines is 1. The lowest BCUT2D eigenvalue weighted by Gasteiger charge is -2.14. The van der Waals surface area contributed by atoms with Gasteiger partial charge in [0.15, 0.2) is 5.78 Å². The average molecular weight is 424 g/mol. The van der Waals surface area contributed by atoms with Gasteiger partial charge in [-0.05, 0) is 55.0 Å². The van der Waals surface area contributed by atoms with Crippen molar-refractivity contribution in [2.24, 2.45) is 0 Å². The molecule has 3 aromatic carbocycles. The number of nitrogens with one attached hydrogen (secondary N) is 1. The van der Waals surface area contributed by atoms with E-state index in [0.29, 0.717) is 22.1 Å². The van der Waals surface area contributed by atoms with E-state index in [2.05, 4.69) is 15.0 Å². The van der Waals surface area contributed by atoms with Gasteiger partial charge in [0, 0.05) is 21.7 Å². The number of benzene rings is 3. The van der Waals surface area contributed by atoms with Gasteiger partial charge in [0.1, 0.15) is 5.82 Å². The monoisotopic (exact) mass is 423 g/mol. The number of H-pyrrole nitrogens is 1. The second-order valence-corrected chi connectivity index (χ2v) is 7.75. The predicted octanol–water partition coefficient (Wildman–Crippen LogP) is 6.64. The van der Waals surface area contributed by atoms with Gasteiger partial charge in [-0.15, -0.1) is 0 Å². The molecule has 4 nitrogen and oxygen atoms in total. The van der Waals surface area contributed by atoms with Crippen LogP contribution in [0, 0.1) is 6.92 Å². The van der Waals surface area contributed by atoms with Crippen molar-refractivity contribution in [1.29, 1.82) is 0 Å². The summed E-state index contributed by atoms with van der Waals surface area (Å²) >= 11 is 6.29. The highest BCUT2D eigenvalue weighted by Gasteiger charge is 2.19. The summed E-state index contributed by atoms with van der Waals surface area (Å²) in [5.41, 5.74) is 5.61. The van der Waals surface area contributed by atoms with Crippen LogP contribution in [0.4, 0.5) is 0 Å². The molecule has 31 heavy (non-hydrogen) atoms. The molecule has 0 bridgehead atoms. The number of imidazole rings is 1. The van der Waals surface area contributed by atoms with E-state index >= 15 is 0 Å². The number of hydrogen-bond acceptors (Lipinski definition) is 3. The lowest BCUT2D eigenvalue weighted by atomic mass is 9.92. The molecule has 0 fully saturated rings. The van der Waals surface area contributed by atoms with Crippen molar-refractivity contribution in [3.63, 3.8) is 0 Å². The number of aryl methyl sites for hydroxylation is 1. The van der Waals surface area contributed by atoms with E-state index in [1.54, 1.807) is 12.2 Å². The maximum Gasteiger partial charge on any atom is 0.188 e. The molecular weight excluding hydrogens is 406 g/mol. The first-order chi connectivity index (χ1) is 15.1. The minimum absolute atomic E-state index is 0.133. The second-order valence-electron chi connectivity index (χ2n) is 7.31. The summed E-state index contributed by atoms with van der Waals surface area (Å²) in [6.45, 7) is 1.86. The number of halogens is 1. The number of fused-ring (bicyclic) bond motifs is 2. The molecule has 0 spiro atoms. The van der Waals surface area contributed by atoms with Gasteiger partial charge in [0.05, 0.1) is 22.1 Å². The van der Waals surface area contributed by atoms with E-state index in [9.17, 15) is 4.79 Å². The zero-order valence-electron chi connectivity index (χ0n) is 16.8. The average Bonchev–Trinajstić information content (AvgIpc) is 3.20. The van der Waals surface area contributed by atoms with Crippen LogP contribution >= 0.6 is 11.6 Å². The smallest absolute Gasteiger partial charge is 0.188 e. The first-order valence-corrected chi connectivity index (χ1v) is 10.3. The summed E-state index contributed by atoms with van der Waals surface area (Å²) in [4.78, 5) is 25.8. The van der Waals surface area contributed by atoms with Crippen molar-refractivity contribution in [2.75, 3.05) is 0 Å². The minimum Gasteiger partial charge on any atom is -0.338 e. The van der Waals surface area contributed by atoms with Crippen LogP contribution in [0.2, 0.25) is 5.02 Å². The van der Waals surface area contributed by atoms with Gasteiger partial charge in [-0.3, -0.25) is 9.78 Å². The molecule has 2 heterocycles. The summed E-state index contributed by atoms with van der Waals surface area (Å²) in [6.07, 6.45) is 3.25. The van der Waals surface area contributed by atoms with Gasteiger partial charge in [-0.1, -0.05) is 54.1 Å². The van der Waals surface area contributed by atoms with E-state index in [-0.39, 0.29) is 5.78 Å². The Morgan fingerprint density at radius 2 is 1.71 bits per heavy atom. The molecule has 1 N–H and O–H groups in total. The molecule has 150 valence electrons. The van der Waals surface area contributed by atoms with E-state index in [4.69, 9.17) is 11.6 Å². The standard InChI is InChI=1S/C26H18ClN3O/c1-16-25(23(31)13-14-24-29-21-9-5-6-10-22(21)30-24)26(17-7-3-2-4-8-17)19-15-18(27)11-12-20(19)28-16/h2-15H,1H3,(H,29,30)/b14-13-. The Balaban J connectivity index is 1.66. The fourth-order valence-corrected chi connectivity index (χ4v) is 4.03. The van der Waals surface area contributed by atoms with E-state index in [1.807, 2.05) is 79.7 Å². The number of nitrogens with zero attached hydrogens (tertiary/aromatic N) is 2. The highest BCUT2D eigenvalue weighted by molar-refractivity contribution is 6.31. The molecule has 5 heteroatoms. The topological polar surface area (TPSA) is 58.6 Å². The third-order valence-corrected chi connectivity index (χ3v) is 5.47. The summed E-state index contributed by atoms with van der Waals surface area (Å²) in [5, 5.41) is 1.45. The van der Waals surface area contributed by atoms with Gasteiger partial charge >= 0.3 is 0 Å². The molecule has 0 unspecified atom stereocenters. The lowest BCUT2D eigenvalue weighted by Crippen LogP contribution is -2.05. The number of para-hydroxylation sites is 2. The number of hydrogen-bond donors (Lipinski definition) is 1. The van der Waals surface area contributed by atoms with Crippen molar-refractivity contribution in [3.8, 4) is 11.1 Å². The van der Waals surface area contributed by atoms with Gasteiger partial charge in [0.2, 0.25) is 0 Å². The molecular formula is C26H18ClN3O. The van der Waals surface area contributed by atoms with Crippen LogP contribution in [-0.2, 0) is 0 Å². The van der Waals surface area contributed by atoms with Crippen molar-refractivity contribution >= 4 is 45.4 Å². The van der Waals surface area contributed by atoms with Crippen LogP contribution < -0.4 is 0 Å². The molecule has 0 atom stereocenters. The van der Waals surface area contributed by atoms with Gasteiger partial charge in [-0.2, -0.15) is 0 Å². The summed E-state index contributed by atoms with van der Waals surface area (Å²) in [5.74, 6) is 0.497. The first kappa shape index (κ1) is 19.2. The third-order valence-electron chi connectivity index (χ3n) is 5.24. The Morgan fingerprint density at radius 3 is 2.52 bits per heavy atom. The molecule has 5 aromatic rings. The summed E-state index contributed by atoms with van der Waals surface area (Å²) in [6, 6.07) is 23.2. The molecule has 0 aliphatic rings. The van der Waals surface area contributed by atoms with Crippen molar-refractivity contribution in [3.05, 3.63) is 101 Å². The van der Waals surface area contributed by atoms with E-state index < -0.39 is 0 Å². The highest BCUT2D eigenvalue weighted by atomic mass is 35.5. The van der Waals surface area contributed by atoms with E-state index in [0.717, 1.165) is 33.1 Å². The molecule has 0 aliphatic carbocycles. The summed E-state index contributed by atoms with van der Waals surface area (Å²) in [7, 11) is 0. The number of rotatable bonds is 4. The number of carbonyl (C=O) groups is 1. The van der Waals surface area contributed by atoms with Gasteiger partial charge in [-0.25, -0.2) is 4.98 Å². The Bertz CT molecular complexity index is 1440. The highest BCUT2D eigenvalue weighted by Crippen LogP contribution is 2.35. The lowest BCUT2D eigenvalue weighted by molar-refractivity contribution is 0.104. The van der Waals surface area contributed by atoms with Crippen molar-refractivity contribution < 1.29 is 4.79 Å². The van der Waals surface area contributed by atoms with Crippen LogP contribution in [0.1, 0.15) is 21.9 Å². The minimum atomic E-state index is -0.133. The Kier molecular flexibility index (Phi) is 4.85. The summed E-state index contributed by atoms with van der Waals surface area (Å²) < 4.78 is 0. The normalized spacial score (nSPS) is 11.5. The van der Waals surface area contributed by atoms with Crippen molar-refractivity contribution in [1.82, 2.24) is 15.0 Å². The van der Waals surface area contributed by atoms with Crippen molar-refractivity contribution in [2.45, 2.75) is 6.92 Å². The fraction of sp³-hybridized carbons (Fsp3) is 0.0385. The number of allylic oxidation sites excluding steroid dienone is 1. The fourth-order valence-electron chi connectivity index (χ4n) is 3.85. The maximum absolute atomic E-state index is 13.4. The van der Waals surface area contributed by atoms with Crippen LogP contribution in [-0.4, -0.2) is 20.7 Å². The number of pyridine rings is 1. The quantitative estimate of drug-likeness (QED) is 0.260. The van der Waals surface area contributed by atoms with Crippen LogP contribution in [0.25, 0.3) is 39.1 Å². The maximum atomic E-state index is 13.4. The molecule has 2 aromatic heterocycles. The van der Waals surface area contributed by atoms with Crippen LogP contribution in [0.15, 0.2) is 78.9 Å². The number of aromatic nitrogens is 3. The molecule has 5 rings (SSSR count). The van der Waals surface area contributed by atoms with Crippen LogP contribution in [0.5, 0.6) is 0 Å². The molecule has 0 saturated carbocycles. The first-order valence-electron chi connectivity index (χ1n) is 9.92.